The zero-order valence-electron chi connectivity index (χ0n) is 12.4. The quantitative estimate of drug-likeness (QED) is 0.842. The van der Waals surface area contributed by atoms with Gasteiger partial charge in [0.15, 0.2) is 0 Å². The van der Waals surface area contributed by atoms with Gasteiger partial charge in [-0.15, -0.1) is 0 Å². The van der Waals surface area contributed by atoms with E-state index in [1.165, 1.54) is 32.1 Å². The Morgan fingerprint density at radius 1 is 1.15 bits per heavy atom. The minimum atomic E-state index is -0.0857. The molecule has 2 fully saturated rings. The normalized spacial score (nSPS) is 22.8. The van der Waals surface area contributed by atoms with Crippen LogP contribution in [0.1, 0.15) is 44.1 Å². The van der Waals surface area contributed by atoms with Crippen molar-refractivity contribution < 1.29 is 4.39 Å². The summed E-state index contributed by atoms with van der Waals surface area (Å²) in [6.07, 6.45) is 7.67. The Hall–Kier alpha value is -1.09. The zero-order valence-corrected chi connectivity index (χ0v) is 12.4. The summed E-state index contributed by atoms with van der Waals surface area (Å²) in [5.41, 5.74) is 2.03. The third-order valence-electron chi connectivity index (χ3n) is 4.93. The smallest absolute Gasteiger partial charge is 0.128 e. The summed E-state index contributed by atoms with van der Waals surface area (Å²) in [5, 5.41) is 3.79. The van der Waals surface area contributed by atoms with Crippen LogP contribution in [0.25, 0.3) is 0 Å². The van der Waals surface area contributed by atoms with Gasteiger partial charge >= 0.3 is 0 Å². The van der Waals surface area contributed by atoms with Gasteiger partial charge in [-0.3, -0.25) is 0 Å². The van der Waals surface area contributed by atoms with Crippen LogP contribution < -0.4 is 10.2 Å². The molecular weight excluding hydrogens is 251 g/mol. The molecule has 0 bridgehead atoms. The third kappa shape index (κ3) is 2.83. The lowest BCUT2D eigenvalue weighted by atomic mass is 9.81. The number of rotatable bonds is 1. The average Bonchev–Trinajstić information content (AvgIpc) is 2.66. The van der Waals surface area contributed by atoms with E-state index >= 15 is 0 Å². The Morgan fingerprint density at radius 2 is 1.95 bits per heavy atom. The first-order valence-corrected chi connectivity index (χ1v) is 7.95. The molecule has 110 valence electrons. The number of hydrogen-bond acceptors (Lipinski definition) is 2. The van der Waals surface area contributed by atoms with Crippen molar-refractivity contribution in [3.8, 4) is 0 Å². The van der Waals surface area contributed by atoms with Crippen molar-refractivity contribution in [3.05, 3.63) is 29.6 Å². The van der Waals surface area contributed by atoms with Crippen molar-refractivity contribution in [2.45, 2.75) is 51.0 Å². The van der Waals surface area contributed by atoms with Gasteiger partial charge in [0.25, 0.3) is 0 Å². The second-order valence-corrected chi connectivity index (χ2v) is 6.48. The summed E-state index contributed by atoms with van der Waals surface area (Å²) in [4.78, 5) is 2.38. The third-order valence-corrected chi connectivity index (χ3v) is 4.93. The molecule has 1 aliphatic heterocycles. The maximum atomic E-state index is 13.8. The lowest BCUT2D eigenvalue weighted by molar-refractivity contribution is 0.246. The Balaban J connectivity index is 1.82. The maximum Gasteiger partial charge on any atom is 0.128 e. The Bertz CT molecular complexity index is 466. The molecule has 3 heteroatoms. The van der Waals surface area contributed by atoms with Gasteiger partial charge < -0.3 is 10.2 Å². The van der Waals surface area contributed by atoms with Gasteiger partial charge in [-0.2, -0.15) is 0 Å². The van der Waals surface area contributed by atoms with Crippen molar-refractivity contribution in [1.82, 2.24) is 5.32 Å². The number of hydrogen-bond donors (Lipinski definition) is 1. The van der Waals surface area contributed by atoms with Gasteiger partial charge in [-0.25, -0.2) is 4.39 Å². The first kappa shape index (κ1) is 13.9. The van der Waals surface area contributed by atoms with E-state index in [1.807, 2.05) is 13.0 Å². The highest BCUT2D eigenvalue weighted by Gasteiger charge is 2.35. The van der Waals surface area contributed by atoms with Crippen LogP contribution in [0.5, 0.6) is 0 Å². The number of nitrogens with one attached hydrogen (secondary N) is 1. The van der Waals surface area contributed by atoms with Crippen LogP contribution in [0.4, 0.5) is 10.1 Å². The predicted molar refractivity (Wildman–Crippen MR) is 81.8 cm³/mol. The number of benzene rings is 1. The lowest BCUT2D eigenvalue weighted by Crippen LogP contribution is -2.52. The molecule has 20 heavy (non-hydrogen) atoms. The molecule has 1 N–H and O–H groups in total. The van der Waals surface area contributed by atoms with E-state index in [-0.39, 0.29) is 11.4 Å². The number of aryl methyl sites for hydroxylation is 1. The van der Waals surface area contributed by atoms with Crippen LogP contribution in [0.3, 0.4) is 0 Å². The summed E-state index contributed by atoms with van der Waals surface area (Å²) < 4.78 is 13.8. The largest absolute Gasteiger partial charge is 0.370 e. The molecule has 2 aliphatic rings. The van der Waals surface area contributed by atoms with Crippen LogP contribution in [0.15, 0.2) is 18.2 Å². The summed E-state index contributed by atoms with van der Waals surface area (Å²) in [5.74, 6) is -0.0857. The van der Waals surface area contributed by atoms with Gasteiger partial charge in [0.1, 0.15) is 5.82 Å². The highest BCUT2D eigenvalue weighted by molar-refractivity contribution is 5.49. The lowest BCUT2D eigenvalue weighted by Gasteiger charge is -2.40. The Labute approximate surface area is 121 Å². The van der Waals surface area contributed by atoms with E-state index in [0.29, 0.717) is 0 Å². The van der Waals surface area contributed by atoms with Gasteiger partial charge in [0.2, 0.25) is 0 Å². The van der Waals surface area contributed by atoms with Gasteiger partial charge in [-0.05, 0) is 50.4 Å². The van der Waals surface area contributed by atoms with Crippen LogP contribution in [0.2, 0.25) is 0 Å². The molecule has 0 unspecified atom stereocenters. The van der Waals surface area contributed by atoms with Crippen LogP contribution in [-0.4, -0.2) is 25.2 Å². The number of nitrogens with zero attached hydrogens (tertiary/aromatic N) is 1. The number of halogens is 1. The second kappa shape index (κ2) is 5.72. The van der Waals surface area contributed by atoms with E-state index in [2.05, 4.69) is 16.3 Å². The molecule has 1 spiro atoms. The van der Waals surface area contributed by atoms with Crippen LogP contribution in [0, 0.1) is 12.7 Å². The molecule has 1 heterocycles. The summed E-state index contributed by atoms with van der Waals surface area (Å²) in [7, 11) is 0. The SMILES string of the molecule is Cc1ccc(N2CCCNC3(CCCCC3)C2)cc1F. The fourth-order valence-corrected chi connectivity index (χ4v) is 3.69. The topological polar surface area (TPSA) is 15.3 Å². The van der Waals surface area contributed by atoms with E-state index in [4.69, 9.17) is 0 Å². The standard InChI is InChI=1S/C17H25FN2/c1-14-6-7-15(12-16(14)18)20-11-5-10-19-17(13-20)8-3-2-4-9-17/h6-7,12,19H,2-5,8-11,13H2,1H3. The Morgan fingerprint density at radius 3 is 2.70 bits per heavy atom. The maximum absolute atomic E-state index is 13.8. The van der Waals surface area contributed by atoms with Crippen molar-refractivity contribution in [2.75, 3.05) is 24.5 Å². The zero-order chi connectivity index (χ0) is 14.0. The van der Waals surface area contributed by atoms with Gasteiger partial charge in [-0.1, -0.05) is 25.3 Å². The molecule has 1 saturated heterocycles. The second-order valence-electron chi connectivity index (χ2n) is 6.48. The van der Waals surface area contributed by atoms with Crippen molar-refractivity contribution in [1.29, 1.82) is 0 Å². The molecule has 1 aromatic carbocycles. The molecule has 0 aromatic heterocycles. The molecule has 1 aliphatic carbocycles. The average molecular weight is 276 g/mol. The molecule has 3 rings (SSSR count). The molecule has 0 atom stereocenters. The minimum absolute atomic E-state index is 0.0857. The summed E-state index contributed by atoms with van der Waals surface area (Å²) in [6.45, 7) is 4.96. The van der Waals surface area contributed by atoms with Gasteiger partial charge in [0, 0.05) is 24.3 Å². The van der Waals surface area contributed by atoms with Crippen molar-refractivity contribution >= 4 is 5.69 Å². The first-order chi connectivity index (χ1) is 9.69. The minimum Gasteiger partial charge on any atom is -0.370 e. The van der Waals surface area contributed by atoms with Crippen LogP contribution in [-0.2, 0) is 0 Å². The van der Waals surface area contributed by atoms with E-state index < -0.39 is 0 Å². The van der Waals surface area contributed by atoms with Crippen molar-refractivity contribution in [3.63, 3.8) is 0 Å². The van der Waals surface area contributed by atoms with E-state index in [0.717, 1.165) is 37.3 Å². The highest BCUT2D eigenvalue weighted by atomic mass is 19.1. The molecule has 1 saturated carbocycles. The predicted octanol–water partition coefficient (Wildman–Crippen LogP) is 3.64. The molecular formula is C17H25FN2. The monoisotopic (exact) mass is 276 g/mol. The summed E-state index contributed by atoms with van der Waals surface area (Å²) >= 11 is 0. The molecule has 0 amide bonds. The summed E-state index contributed by atoms with van der Waals surface area (Å²) in [6, 6.07) is 5.67. The fourth-order valence-electron chi connectivity index (χ4n) is 3.69. The number of anilines is 1. The Kier molecular flexibility index (Phi) is 3.97. The fraction of sp³-hybridized carbons (Fsp3) is 0.647. The molecule has 1 aromatic rings. The molecule has 0 radical (unpaired) electrons. The molecule has 2 nitrogen and oxygen atoms in total. The van der Waals surface area contributed by atoms with Crippen molar-refractivity contribution in [2.24, 2.45) is 0 Å². The highest BCUT2D eigenvalue weighted by Crippen LogP contribution is 2.32. The van der Waals surface area contributed by atoms with Gasteiger partial charge in [0.05, 0.1) is 0 Å². The van der Waals surface area contributed by atoms with Crippen LogP contribution >= 0.6 is 0 Å². The first-order valence-electron chi connectivity index (χ1n) is 7.95. The van der Waals surface area contributed by atoms with E-state index in [1.54, 1.807) is 6.07 Å². The van der Waals surface area contributed by atoms with E-state index in [9.17, 15) is 4.39 Å².